The van der Waals surface area contributed by atoms with Crippen molar-refractivity contribution in [2.24, 2.45) is 0 Å². The molecule has 78 valence electrons. The molecule has 0 unspecified atom stereocenters. The summed E-state index contributed by atoms with van der Waals surface area (Å²) in [7, 11) is 1.70. The molecule has 0 atom stereocenters. The predicted octanol–water partition coefficient (Wildman–Crippen LogP) is 1.30. The first kappa shape index (κ1) is 11.1. The summed E-state index contributed by atoms with van der Waals surface area (Å²) in [6.07, 6.45) is 0. The third-order valence-electron chi connectivity index (χ3n) is 1.66. The summed E-state index contributed by atoms with van der Waals surface area (Å²) in [4.78, 5) is 9.79. The summed E-state index contributed by atoms with van der Waals surface area (Å²) in [5.74, 6) is 4.32. The fourth-order valence-corrected chi connectivity index (χ4v) is 1.03. The van der Waals surface area contributed by atoms with Gasteiger partial charge in [0.25, 0.3) is 0 Å². The Morgan fingerprint density at radius 3 is 2.93 bits per heavy atom. The van der Waals surface area contributed by atoms with Crippen molar-refractivity contribution in [3.8, 4) is 11.8 Å². The number of halogens is 1. The van der Waals surface area contributed by atoms with E-state index in [-0.39, 0.29) is 5.56 Å². The maximum atomic E-state index is 13.1. The predicted molar refractivity (Wildman–Crippen MR) is 53.9 cm³/mol. The van der Waals surface area contributed by atoms with Crippen LogP contribution >= 0.6 is 0 Å². The van der Waals surface area contributed by atoms with Crippen LogP contribution in [0, 0.1) is 27.8 Å². The van der Waals surface area contributed by atoms with Crippen molar-refractivity contribution in [2.45, 2.75) is 0 Å². The van der Waals surface area contributed by atoms with E-state index in [0.717, 1.165) is 6.07 Å². The maximum Gasteiger partial charge on any atom is 0.320 e. The molecule has 5 heteroatoms. The highest BCUT2D eigenvalue weighted by Crippen LogP contribution is 2.20. The zero-order valence-corrected chi connectivity index (χ0v) is 8.08. The monoisotopic (exact) mass is 208 g/mol. The summed E-state index contributed by atoms with van der Waals surface area (Å²) in [5.41, 5.74) is -0.476. The number of rotatable bonds is 2. The van der Waals surface area contributed by atoms with E-state index in [2.05, 4.69) is 17.2 Å². The number of nitrogens with zero attached hydrogens (tertiary/aromatic N) is 1. The van der Waals surface area contributed by atoms with Gasteiger partial charge in [-0.2, -0.15) is 4.39 Å². The van der Waals surface area contributed by atoms with Crippen molar-refractivity contribution < 1.29 is 9.31 Å². The highest BCUT2D eigenvalue weighted by Gasteiger charge is 2.17. The van der Waals surface area contributed by atoms with Gasteiger partial charge in [0.2, 0.25) is 5.82 Å². The van der Waals surface area contributed by atoms with E-state index in [1.54, 1.807) is 7.05 Å². The molecule has 0 radical (unpaired) electrons. The first-order chi connectivity index (χ1) is 7.16. The number of hydrogen-bond donors (Lipinski definition) is 1. The smallest absolute Gasteiger partial charge is 0.309 e. The Kier molecular flexibility index (Phi) is 3.77. The van der Waals surface area contributed by atoms with Crippen LogP contribution in [0.3, 0.4) is 0 Å². The zero-order chi connectivity index (χ0) is 11.3. The molecular weight excluding hydrogens is 199 g/mol. The van der Waals surface area contributed by atoms with Crippen molar-refractivity contribution in [2.75, 3.05) is 13.6 Å². The molecule has 0 amide bonds. The van der Waals surface area contributed by atoms with E-state index in [4.69, 9.17) is 0 Å². The molecule has 0 aliphatic rings. The Morgan fingerprint density at radius 2 is 2.33 bits per heavy atom. The SMILES string of the molecule is CNCC#Cc1cccc(F)c1[N+](=O)[O-]. The van der Waals surface area contributed by atoms with Crippen LogP contribution in [0.4, 0.5) is 10.1 Å². The second-order valence-electron chi connectivity index (χ2n) is 2.73. The summed E-state index contributed by atoms with van der Waals surface area (Å²) >= 11 is 0. The fourth-order valence-electron chi connectivity index (χ4n) is 1.03. The van der Waals surface area contributed by atoms with Gasteiger partial charge in [0.05, 0.1) is 11.5 Å². The first-order valence-corrected chi connectivity index (χ1v) is 4.23. The zero-order valence-electron chi connectivity index (χ0n) is 8.08. The van der Waals surface area contributed by atoms with Gasteiger partial charge in [-0.1, -0.05) is 17.9 Å². The largest absolute Gasteiger partial charge is 0.320 e. The Hall–Kier alpha value is -1.93. The molecule has 0 saturated carbocycles. The minimum atomic E-state index is -0.865. The molecule has 1 rings (SSSR count). The Labute approximate surface area is 86.3 Å². The van der Waals surface area contributed by atoms with E-state index in [9.17, 15) is 14.5 Å². The van der Waals surface area contributed by atoms with Gasteiger partial charge in [0.1, 0.15) is 5.56 Å². The van der Waals surface area contributed by atoms with Gasteiger partial charge in [-0.25, -0.2) is 0 Å². The highest BCUT2D eigenvalue weighted by molar-refractivity contribution is 5.51. The van der Waals surface area contributed by atoms with E-state index >= 15 is 0 Å². The Balaban J connectivity index is 3.13. The van der Waals surface area contributed by atoms with Crippen LogP contribution in [0.2, 0.25) is 0 Å². The molecule has 15 heavy (non-hydrogen) atoms. The topological polar surface area (TPSA) is 55.2 Å². The molecule has 0 aliphatic carbocycles. The summed E-state index contributed by atoms with van der Waals surface area (Å²) in [5, 5.41) is 13.3. The summed E-state index contributed by atoms with van der Waals surface area (Å²) < 4.78 is 13.1. The number of nitro groups is 1. The number of benzene rings is 1. The van der Waals surface area contributed by atoms with Crippen molar-refractivity contribution >= 4 is 5.69 Å². The third kappa shape index (κ3) is 2.76. The average Bonchev–Trinajstić information content (AvgIpc) is 2.17. The molecule has 1 aromatic carbocycles. The summed E-state index contributed by atoms with van der Waals surface area (Å²) in [6, 6.07) is 3.86. The molecule has 0 saturated heterocycles. The van der Waals surface area contributed by atoms with Crippen LogP contribution in [0.5, 0.6) is 0 Å². The number of nitro benzene ring substituents is 1. The van der Waals surface area contributed by atoms with Gasteiger partial charge < -0.3 is 5.32 Å². The van der Waals surface area contributed by atoms with Crippen molar-refractivity contribution in [3.63, 3.8) is 0 Å². The van der Waals surface area contributed by atoms with Gasteiger partial charge in [-0.15, -0.1) is 0 Å². The maximum absolute atomic E-state index is 13.1. The molecule has 0 heterocycles. The molecular formula is C10H9FN2O2. The van der Waals surface area contributed by atoms with E-state index in [0.29, 0.717) is 6.54 Å². The molecule has 0 spiro atoms. The van der Waals surface area contributed by atoms with Crippen LogP contribution in [-0.2, 0) is 0 Å². The van der Waals surface area contributed by atoms with E-state index < -0.39 is 16.4 Å². The van der Waals surface area contributed by atoms with Gasteiger partial charge in [-0.3, -0.25) is 10.1 Å². The minimum absolute atomic E-state index is 0.0928. The van der Waals surface area contributed by atoms with Gasteiger partial charge in [-0.05, 0) is 19.2 Å². The van der Waals surface area contributed by atoms with Crippen LogP contribution in [0.15, 0.2) is 18.2 Å². The van der Waals surface area contributed by atoms with Crippen molar-refractivity contribution in [1.29, 1.82) is 0 Å². The van der Waals surface area contributed by atoms with Crippen LogP contribution in [-0.4, -0.2) is 18.5 Å². The Bertz CT molecular complexity index is 435. The van der Waals surface area contributed by atoms with Crippen LogP contribution in [0.1, 0.15) is 5.56 Å². The second kappa shape index (κ2) is 5.08. The van der Waals surface area contributed by atoms with Crippen molar-refractivity contribution in [3.05, 3.63) is 39.7 Å². The molecule has 1 aromatic rings. The lowest BCUT2D eigenvalue weighted by Crippen LogP contribution is -2.04. The minimum Gasteiger partial charge on any atom is -0.309 e. The highest BCUT2D eigenvalue weighted by atomic mass is 19.1. The van der Waals surface area contributed by atoms with E-state index in [1.807, 2.05) is 0 Å². The molecule has 0 bridgehead atoms. The molecule has 0 aromatic heterocycles. The second-order valence-corrected chi connectivity index (χ2v) is 2.73. The first-order valence-electron chi connectivity index (χ1n) is 4.23. The molecule has 4 nitrogen and oxygen atoms in total. The average molecular weight is 208 g/mol. The quantitative estimate of drug-likeness (QED) is 0.453. The lowest BCUT2D eigenvalue weighted by atomic mass is 10.2. The van der Waals surface area contributed by atoms with Crippen LogP contribution < -0.4 is 5.32 Å². The Morgan fingerprint density at radius 1 is 1.60 bits per heavy atom. The van der Waals surface area contributed by atoms with Gasteiger partial charge >= 0.3 is 5.69 Å². The van der Waals surface area contributed by atoms with Crippen LogP contribution in [0.25, 0.3) is 0 Å². The molecule has 0 fully saturated rings. The van der Waals surface area contributed by atoms with Gasteiger partial charge in [0.15, 0.2) is 0 Å². The van der Waals surface area contributed by atoms with Gasteiger partial charge in [0, 0.05) is 0 Å². The molecule has 1 N–H and O–H groups in total. The lowest BCUT2D eigenvalue weighted by Gasteiger charge is -1.95. The number of hydrogen-bond acceptors (Lipinski definition) is 3. The standard InChI is InChI=1S/C10H9FN2O2/c1-12-7-3-5-8-4-2-6-9(11)10(8)13(14)15/h2,4,6,12H,7H2,1H3. The number of nitrogens with one attached hydrogen (secondary N) is 1. The fraction of sp³-hybridized carbons (Fsp3) is 0.200. The summed E-state index contributed by atoms with van der Waals surface area (Å²) in [6.45, 7) is 0.396. The molecule has 0 aliphatic heterocycles. The third-order valence-corrected chi connectivity index (χ3v) is 1.66. The lowest BCUT2D eigenvalue weighted by molar-refractivity contribution is -0.387. The normalized spacial score (nSPS) is 9.20. The number of para-hydroxylation sites is 1. The van der Waals surface area contributed by atoms with E-state index in [1.165, 1.54) is 12.1 Å². The van der Waals surface area contributed by atoms with Crippen molar-refractivity contribution in [1.82, 2.24) is 5.32 Å².